The van der Waals surface area contributed by atoms with Gasteiger partial charge in [0.05, 0.1) is 5.02 Å². The van der Waals surface area contributed by atoms with Crippen LogP contribution in [0.15, 0.2) is 18.2 Å². The molecule has 27 heavy (non-hydrogen) atoms. The number of piperidine rings is 1. The van der Waals surface area contributed by atoms with E-state index in [9.17, 15) is 19.5 Å². The second-order valence-corrected chi connectivity index (χ2v) is 7.06. The number of amides is 2. The maximum atomic E-state index is 12.3. The summed E-state index contributed by atoms with van der Waals surface area (Å²) >= 11 is 11.9. The summed E-state index contributed by atoms with van der Waals surface area (Å²) < 4.78 is 0. The molecule has 1 unspecified atom stereocenters. The SMILES string of the molecule is CC(NC(=O)C1CCN(C(=O)/C=C/c2ccc(O)c(Cl)c2Cl)CC1)C(=O)O. The lowest BCUT2D eigenvalue weighted by atomic mass is 9.95. The van der Waals surface area contributed by atoms with Gasteiger partial charge in [0.2, 0.25) is 11.8 Å². The lowest BCUT2D eigenvalue weighted by molar-refractivity contribution is -0.142. The van der Waals surface area contributed by atoms with Crippen LogP contribution in [0.2, 0.25) is 10.0 Å². The fourth-order valence-corrected chi connectivity index (χ4v) is 3.10. The molecule has 0 radical (unpaired) electrons. The molecule has 0 aliphatic carbocycles. The van der Waals surface area contributed by atoms with Crippen molar-refractivity contribution in [3.8, 4) is 5.75 Å². The standard InChI is InChI=1S/C18H20Cl2N2O5/c1-10(18(26)27)21-17(25)12-6-8-22(9-7-12)14(24)5-3-11-2-4-13(23)16(20)15(11)19/h2-5,10,12,23H,6-9H2,1H3,(H,21,25)(H,26,27)/b5-3+. The quantitative estimate of drug-likeness (QED) is 0.641. The van der Waals surface area contributed by atoms with Crippen LogP contribution < -0.4 is 5.32 Å². The van der Waals surface area contributed by atoms with Gasteiger partial charge in [0.1, 0.15) is 16.8 Å². The molecule has 9 heteroatoms. The highest BCUT2D eigenvalue weighted by Crippen LogP contribution is 2.34. The van der Waals surface area contributed by atoms with E-state index in [1.54, 1.807) is 11.0 Å². The van der Waals surface area contributed by atoms with Crippen LogP contribution in [0.3, 0.4) is 0 Å². The van der Waals surface area contributed by atoms with Crippen LogP contribution >= 0.6 is 23.2 Å². The second kappa shape index (κ2) is 9.10. The number of carbonyl (C=O) groups is 3. The first-order chi connectivity index (χ1) is 12.7. The van der Waals surface area contributed by atoms with Crippen LogP contribution in [0.4, 0.5) is 0 Å². The molecule has 2 rings (SSSR count). The largest absolute Gasteiger partial charge is 0.506 e. The molecule has 0 aromatic heterocycles. The average molecular weight is 415 g/mol. The smallest absolute Gasteiger partial charge is 0.325 e. The summed E-state index contributed by atoms with van der Waals surface area (Å²) in [7, 11) is 0. The first-order valence-corrected chi connectivity index (χ1v) is 9.13. The first kappa shape index (κ1) is 21.1. The number of likely N-dealkylation sites (tertiary alicyclic amines) is 1. The number of aliphatic carboxylic acids is 1. The molecule has 1 atom stereocenters. The van der Waals surface area contributed by atoms with Crippen molar-refractivity contribution in [1.82, 2.24) is 10.2 Å². The summed E-state index contributed by atoms with van der Waals surface area (Å²) in [6.45, 7) is 2.20. The third-order valence-electron chi connectivity index (χ3n) is 4.40. The van der Waals surface area contributed by atoms with Gasteiger partial charge in [-0.2, -0.15) is 0 Å². The van der Waals surface area contributed by atoms with E-state index in [4.69, 9.17) is 28.3 Å². The number of hydrogen-bond donors (Lipinski definition) is 3. The highest BCUT2D eigenvalue weighted by atomic mass is 35.5. The molecule has 1 saturated heterocycles. The van der Waals surface area contributed by atoms with Crippen LogP contribution in [-0.4, -0.2) is 52.0 Å². The van der Waals surface area contributed by atoms with Gasteiger partial charge in [-0.1, -0.05) is 23.2 Å². The number of aromatic hydroxyl groups is 1. The van der Waals surface area contributed by atoms with Crippen molar-refractivity contribution in [2.24, 2.45) is 5.92 Å². The Labute approximate surface area is 166 Å². The number of nitrogens with zero attached hydrogens (tertiary/aromatic N) is 1. The van der Waals surface area contributed by atoms with Gasteiger partial charge < -0.3 is 20.4 Å². The van der Waals surface area contributed by atoms with Gasteiger partial charge in [0.25, 0.3) is 0 Å². The minimum absolute atomic E-state index is 0.0219. The lowest BCUT2D eigenvalue weighted by Crippen LogP contribution is -2.46. The highest BCUT2D eigenvalue weighted by molar-refractivity contribution is 6.43. The zero-order valence-electron chi connectivity index (χ0n) is 14.6. The maximum Gasteiger partial charge on any atom is 0.325 e. The number of nitrogens with one attached hydrogen (secondary N) is 1. The molecule has 0 spiro atoms. The summed E-state index contributed by atoms with van der Waals surface area (Å²) in [5, 5.41) is 21.0. The number of carboxylic acids is 1. The Kier molecular flexibility index (Phi) is 7.10. The molecule has 1 heterocycles. The van der Waals surface area contributed by atoms with E-state index in [0.717, 1.165) is 0 Å². The van der Waals surface area contributed by atoms with E-state index in [1.807, 2.05) is 0 Å². The Morgan fingerprint density at radius 2 is 1.85 bits per heavy atom. The molecule has 7 nitrogen and oxygen atoms in total. The van der Waals surface area contributed by atoms with Gasteiger partial charge in [-0.15, -0.1) is 0 Å². The van der Waals surface area contributed by atoms with Crippen LogP contribution in [0.25, 0.3) is 6.08 Å². The number of carboxylic acid groups (broad SMARTS) is 1. The maximum absolute atomic E-state index is 12.3. The van der Waals surface area contributed by atoms with Crippen LogP contribution in [0, 0.1) is 5.92 Å². The monoisotopic (exact) mass is 414 g/mol. The van der Waals surface area contributed by atoms with Crippen LogP contribution in [0.5, 0.6) is 5.75 Å². The lowest BCUT2D eigenvalue weighted by Gasteiger charge is -2.31. The van der Waals surface area contributed by atoms with E-state index in [0.29, 0.717) is 31.5 Å². The molecule has 0 saturated carbocycles. The summed E-state index contributed by atoms with van der Waals surface area (Å²) in [6.07, 6.45) is 3.80. The van der Waals surface area contributed by atoms with Gasteiger partial charge >= 0.3 is 5.97 Å². The summed E-state index contributed by atoms with van der Waals surface area (Å²) in [5.41, 5.74) is 0.504. The molecule has 2 amide bonds. The molecule has 1 fully saturated rings. The van der Waals surface area contributed by atoms with Gasteiger partial charge in [-0.05, 0) is 43.5 Å². The molecular weight excluding hydrogens is 395 g/mol. The zero-order chi connectivity index (χ0) is 20.1. The fourth-order valence-electron chi connectivity index (χ4n) is 2.70. The van der Waals surface area contributed by atoms with Crippen LogP contribution in [-0.2, 0) is 14.4 Å². The second-order valence-electron chi connectivity index (χ2n) is 6.30. The molecule has 0 bridgehead atoms. The predicted molar refractivity (Wildman–Crippen MR) is 102 cm³/mol. The fraction of sp³-hybridized carbons (Fsp3) is 0.389. The first-order valence-electron chi connectivity index (χ1n) is 8.37. The molecule has 1 aliphatic rings. The molecule has 146 valence electrons. The number of halogens is 2. The van der Waals surface area contributed by atoms with Crippen molar-refractivity contribution in [1.29, 1.82) is 0 Å². The number of rotatable bonds is 5. The minimum atomic E-state index is -1.09. The Balaban J connectivity index is 1.90. The molecule has 1 aromatic rings. The van der Waals surface area contributed by atoms with Crippen molar-refractivity contribution < 1.29 is 24.6 Å². The third-order valence-corrected chi connectivity index (χ3v) is 5.29. The third kappa shape index (κ3) is 5.37. The Morgan fingerprint density at radius 1 is 1.22 bits per heavy atom. The van der Waals surface area contributed by atoms with Crippen molar-refractivity contribution in [3.63, 3.8) is 0 Å². The van der Waals surface area contributed by atoms with E-state index in [2.05, 4.69) is 5.32 Å². The molecule has 1 aliphatic heterocycles. The normalized spacial score (nSPS) is 16.3. The van der Waals surface area contributed by atoms with Gasteiger partial charge in [0.15, 0.2) is 0 Å². The van der Waals surface area contributed by atoms with Crippen LogP contribution in [0.1, 0.15) is 25.3 Å². The summed E-state index contributed by atoms with van der Waals surface area (Å²) in [6, 6.07) is 2.00. The molecule has 3 N–H and O–H groups in total. The zero-order valence-corrected chi connectivity index (χ0v) is 16.1. The highest BCUT2D eigenvalue weighted by Gasteiger charge is 2.28. The predicted octanol–water partition coefficient (Wildman–Crippen LogP) is 2.54. The van der Waals surface area contributed by atoms with Gasteiger partial charge in [-0.3, -0.25) is 14.4 Å². The topological polar surface area (TPSA) is 107 Å². The van der Waals surface area contributed by atoms with E-state index in [-0.39, 0.29) is 33.5 Å². The van der Waals surface area contributed by atoms with E-state index >= 15 is 0 Å². The van der Waals surface area contributed by atoms with E-state index < -0.39 is 12.0 Å². The Morgan fingerprint density at radius 3 is 2.44 bits per heavy atom. The molecular formula is C18H20Cl2N2O5. The number of benzene rings is 1. The Hall–Kier alpha value is -2.25. The number of phenols is 1. The summed E-state index contributed by atoms with van der Waals surface area (Å²) in [4.78, 5) is 36.8. The van der Waals surface area contributed by atoms with Crippen molar-refractivity contribution >= 4 is 47.1 Å². The number of phenolic OH excluding ortho intramolecular Hbond substituents is 1. The van der Waals surface area contributed by atoms with E-state index in [1.165, 1.54) is 25.1 Å². The van der Waals surface area contributed by atoms with Crippen molar-refractivity contribution in [3.05, 3.63) is 33.8 Å². The number of hydrogen-bond acceptors (Lipinski definition) is 4. The van der Waals surface area contributed by atoms with Gasteiger partial charge in [-0.25, -0.2) is 0 Å². The summed E-state index contributed by atoms with van der Waals surface area (Å²) in [5.74, 6) is -2.08. The number of carbonyl (C=O) groups excluding carboxylic acids is 2. The minimum Gasteiger partial charge on any atom is -0.506 e. The van der Waals surface area contributed by atoms with Gasteiger partial charge in [0, 0.05) is 25.1 Å². The van der Waals surface area contributed by atoms with Crippen molar-refractivity contribution in [2.45, 2.75) is 25.8 Å². The Bertz CT molecular complexity index is 773. The average Bonchev–Trinajstić information content (AvgIpc) is 2.65. The molecule has 1 aromatic carbocycles. The van der Waals surface area contributed by atoms with Crippen molar-refractivity contribution in [2.75, 3.05) is 13.1 Å².